The Hall–Kier alpha value is -1.82. The van der Waals surface area contributed by atoms with Gasteiger partial charge in [-0.25, -0.2) is 18.6 Å². The lowest BCUT2D eigenvalue weighted by atomic mass is 10.1. The Morgan fingerprint density at radius 2 is 1.94 bits per heavy atom. The van der Waals surface area contributed by atoms with Crippen molar-refractivity contribution in [3.05, 3.63) is 40.4 Å². The Kier molecular flexibility index (Phi) is 3.38. The number of rotatable bonds is 3. The SMILES string of the molecule is Cc1sc(-c2ccc(C(F)F)cc2)nc1C(=O)O. The molecular weight excluding hydrogens is 260 g/mol. The molecule has 1 heterocycles. The molecule has 0 aliphatic carbocycles. The Morgan fingerprint density at radius 1 is 1.33 bits per heavy atom. The molecule has 0 atom stereocenters. The van der Waals surface area contributed by atoms with E-state index in [1.165, 1.54) is 35.6 Å². The van der Waals surface area contributed by atoms with Crippen LogP contribution in [-0.2, 0) is 0 Å². The zero-order valence-electron chi connectivity index (χ0n) is 9.35. The van der Waals surface area contributed by atoms with E-state index in [0.717, 1.165) is 0 Å². The predicted molar refractivity (Wildman–Crippen MR) is 64.2 cm³/mol. The van der Waals surface area contributed by atoms with Gasteiger partial charge in [-0.15, -0.1) is 11.3 Å². The summed E-state index contributed by atoms with van der Waals surface area (Å²) in [4.78, 5) is 15.4. The number of nitrogens with zero attached hydrogens (tertiary/aromatic N) is 1. The molecule has 1 aromatic heterocycles. The van der Waals surface area contributed by atoms with Crippen molar-refractivity contribution >= 4 is 17.3 Å². The fraction of sp³-hybridized carbons (Fsp3) is 0.167. The van der Waals surface area contributed by atoms with Crippen LogP contribution in [0.2, 0.25) is 0 Å². The fourth-order valence-corrected chi connectivity index (χ4v) is 2.40. The van der Waals surface area contributed by atoms with Gasteiger partial charge < -0.3 is 5.11 Å². The van der Waals surface area contributed by atoms with Crippen molar-refractivity contribution in [2.45, 2.75) is 13.3 Å². The van der Waals surface area contributed by atoms with Crippen LogP contribution in [0.1, 0.15) is 27.4 Å². The molecule has 0 aliphatic rings. The normalized spacial score (nSPS) is 10.9. The first-order valence-corrected chi connectivity index (χ1v) is 5.90. The van der Waals surface area contributed by atoms with Gasteiger partial charge in [0.1, 0.15) is 5.01 Å². The van der Waals surface area contributed by atoms with E-state index in [4.69, 9.17) is 5.11 Å². The van der Waals surface area contributed by atoms with Crippen molar-refractivity contribution < 1.29 is 18.7 Å². The van der Waals surface area contributed by atoms with Crippen LogP contribution in [0.5, 0.6) is 0 Å². The lowest BCUT2D eigenvalue weighted by Crippen LogP contribution is -1.98. The first-order chi connectivity index (χ1) is 8.49. The summed E-state index contributed by atoms with van der Waals surface area (Å²) in [6, 6.07) is 5.67. The van der Waals surface area contributed by atoms with Gasteiger partial charge in [-0.3, -0.25) is 0 Å². The Bertz CT molecular complexity index is 578. The standard InChI is InChI=1S/C12H9F2NO2S/c1-6-9(12(16)17)15-11(18-6)8-4-2-7(3-5-8)10(13)14/h2-5,10H,1H3,(H,16,17). The molecule has 0 fully saturated rings. The van der Waals surface area contributed by atoms with Crippen molar-refractivity contribution in [3.63, 3.8) is 0 Å². The number of carbonyl (C=O) groups is 1. The Balaban J connectivity index is 2.37. The minimum Gasteiger partial charge on any atom is -0.476 e. The zero-order valence-corrected chi connectivity index (χ0v) is 10.2. The molecule has 0 radical (unpaired) electrons. The van der Waals surface area contributed by atoms with Gasteiger partial charge in [-0.05, 0) is 6.92 Å². The van der Waals surface area contributed by atoms with Gasteiger partial charge in [0.2, 0.25) is 0 Å². The zero-order chi connectivity index (χ0) is 13.3. The second-order valence-corrected chi connectivity index (χ2v) is 4.85. The van der Waals surface area contributed by atoms with E-state index in [1.807, 2.05) is 0 Å². The summed E-state index contributed by atoms with van der Waals surface area (Å²) >= 11 is 1.23. The minimum atomic E-state index is -2.51. The first kappa shape index (κ1) is 12.6. The summed E-state index contributed by atoms with van der Waals surface area (Å²) in [5.41, 5.74) is 0.582. The topological polar surface area (TPSA) is 50.2 Å². The number of thiazole rings is 1. The van der Waals surface area contributed by atoms with E-state index >= 15 is 0 Å². The fourth-order valence-electron chi connectivity index (χ4n) is 1.49. The molecular formula is C12H9F2NO2S. The van der Waals surface area contributed by atoms with Gasteiger partial charge in [-0.1, -0.05) is 24.3 Å². The molecule has 0 bridgehead atoms. The number of aryl methyl sites for hydroxylation is 1. The average molecular weight is 269 g/mol. The van der Waals surface area contributed by atoms with Crippen molar-refractivity contribution in [3.8, 4) is 10.6 Å². The van der Waals surface area contributed by atoms with Crippen LogP contribution < -0.4 is 0 Å². The van der Waals surface area contributed by atoms with E-state index in [9.17, 15) is 13.6 Å². The number of carboxylic acid groups (broad SMARTS) is 1. The number of hydrogen-bond acceptors (Lipinski definition) is 3. The highest BCUT2D eigenvalue weighted by Gasteiger charge is 2.15. The quantitative estimate of drug-likeness (QED) is 0.923. The highest BCUT2D eigenvalue weighted by Crippen LogP contribution is 2.29. The molecule has 0 amide bonds. The molecule has 2 rings (SSSR count). The third-order valence-electron chi connectivity index (χ3n) is 2.41. The van der Waals surface area contributed by atoms with E-state index in [1.54, 1.807) is 6.92 Å². The minimum absolute atomic E-state index is 0.00735. The van der Waals surface area contributed by atoms with E-state index in [0.29, 0.717) is 15.4 Å². The third kappa shape index (κ3) is 2.38. The summed E-state index contributed by atoms with van der Waals surface area (Å²) in [5.74, 6) is -1.08. The number of halogens is 2. The number of aromatic nitrogens is 1. The third-order valence-corrected chi connectivity index (χ3v) is 3.43. The maximum absolute atomic E-state index is 12.4. The molecule has 94 valence electrons. The van der Waals surface area contributed by atoms with Gasteiger partial charge in [0.15, 0.2) is 5.69 Å². The summed E-state index contributed by atoms with van der Waals surface area (Å²) in [6.07, 6.45) is -2.51. The second kappa shape index (κ2) is 4.81. The summed E-state index contributed by atoms with van der Waals surface area (Å²) in [6.45, 7) is 1.66. The molecule has 0 spiro atoms. The van der Waals surface area contributed by atoms with Crippen LogP contribution in [0.25, 0.3) is 10.6 Å². The van der Waals surface area contributed by atoms with Crippen LogP contribution in [0.4, 0.5) is 8.78 Å². The Morgan fingerprint density at radius 3 is 2.39 bits per heavy atom. The van der Waals surface area contributed by atoms with Crippen molar-refractivity contribution in [1.29, 1.82) is 0 Å². The largest absolute Gasteiger partial charge is 0.476 e. The molecule has 0 saturated carbocycles. The van der Waals surface area contributed by atoms with Gasteiger partial charge in [0, 0.05) is 16.0 Å². The van der Waals surface area contributed by atoms with E-state index < -0.39 is 12.4 Å². The monoisotopic (exact) mass is 269 g/mol. The molecule has 0 unspecified atom stereocenters. The summed E-state index contributed by atoms with van der Waals surface area (Å²) in [7, 11) is 0. The van der Waals surface area contributed by atoms with E-state index in [-0.39, 0.29) is 11.3 Å². The molecule has 1 N–H and O–H groups in total. The van der Waals surface area contributed by atoms with Crippen LogP contribution in [0.3, 0.4) is 0 Å². The maximum atomic E-state index is 12.4. The molecule has 0 saturated heterocycles. The van der Waals surface area contributed by atoms with Crippen LogP contribution >= 0.6 is 11.3 Å². The van der Waals surface area contributed by atoms with Gasteiger partial charge in [-0.2, -0.15) is 0 Å². The molecule has 18 heavy (non-hydrogen) atoms. The lowest BCUT2D eigenvalue weighted by molar-refractivity contribution is 0.0690. The summed E-state index contributed by atoms with van der Waals surface area (Å²) < 4.78 is 24.8. The molecule has 3 nitrogen and oxygen atoms in total. The lowest BCUT2D eigenvalue weighted by Gasteiger charge is -2.00. The van der Waals surface area contributed by atoms with Crippen molar-refractivity contribution in [2.24, 2.45) is 0 Å². The van der Waals surface area contributed by atoms with Gasteiger partial charge in [0.05, 0.1) is 0 Å². The highest BCUT2D eigenvalue weighted by atomic mass is 32.1. The number of alkyl halides is 2. The predicted octanol–water partition coefficient (Wildman–Crippen LogP) is 3.75. The number of hydrogen-bond donors (Lipinski definition) is 1. The molecule has 6 heteroatoms. The average Bonchev–Trinajstić information content (AvgIpc) is 2.71. The van der Waals surface area contributed by atoms with Gasteiger partial charge >= 0.3 is 5.97 Å². The molecule has 1 aromatic carbocycles. The second-order valence-electron chi connectivity index (χ2n) is 3.65. The van der Waals surface area contributed by atoms with E-state index in [2.05, 4.69) is 4.98 Å². The van der Waals surface area contributed by atoms with Crippen molar-refractivity contribution in [1.82, 2.24) is 4.98 Å². The van der Waals surface area contributed by atoms with Crippen LogP contribution in [-0.4, -0.2) is 16.1 Å². The van der Waals surface area contributed by atoms with Gasteiger partial charge in [0.25, 0.3) is 6.43 Å². The van der Waals surface area contributed by atoms with Crippen LogP contribution in [0.15, 0.2) is 24.3 Å². The summed E-state index contributed by atoms with van der Waals surface area (Å²) in [5, 5.41) is 9.41. The Labute approximate surface area is 106 Å². The molecule has 2 aromatic rings. The molecule has 0 aliphatic heterocycles. The first-order valence-electron chi connectivity index (χ1n) is 5.08. The maximum Gasteiger partial charge on any atom is 0.355 e. The number of benzene rings is 1. The highest BCUT2D eigenvalue weighted by molar-refractivity contribution is 7.15. The number of aromatic carboxylic acids is 1. The van der Waals surface area contributed by atoms with Crippen molar-refractivity contribution in [2.75, 3.05) is 0 Å². The number of carboxylic acids is 1. The van der Waals surface area contributed by atoms with Crippen LogP contribution in [0, 0.1) is 6.92 Å². The smallest absolute Gasteiger partial charge is 0.355 e.